The topological polar surface area (TPSA) is 64.5 Å². The summed E-state index contributed by atoms with van der Waals surface area (Å²) in [6.07, 6.45) is 0. The summed E-state index contributed by atoms with van der Waals surface area (Å²) in [7, 11) is 0. The summed E-state index contributed by atoms with van der Waals surface area (Å²) in [6, 6.07) is 69.8. The number of fused-ring (bicyclic) bond motifs is 5. The van der Waals surface area contributed by atoms with Crippen molar-refractivity contribution in [2.24, 2.45) is 0 Å². The second kappa shape index (κ2) is 14.7. The Morgan fingerprint density at radius 1 is 0.305 bits per heavy atom. The van der Waals surface area contributed by atoms with Crippen molar-refractivity contribution >= 4 is 44.4 Å². The van der Waals surface area contributed by atoms with Crippen LogP contribution in [0.25, 0.3) is 111 Å². The summed E-state index contributed by atoms with van der Waals surface area (Å²) >= 11 is 1.25. The van der Waals surface area contributed by atoms with Gasteiger partial charge < -0.3 is 0 Å². The molecule has 0 atom stereocenters. The smallest absolute Gasteiger partial charge is 0.160 e. The SMILES string of the molecule is c1ccc(-c2cccc(-c3cc(-c4ccc(-c5ccc6c(c5)nc(-c5ccccc5)c5ccc7nsnc7c56)cc4)nc(-c4cccc(-c5ccccc5)c4)n3)c2)cc1. The number of nitrogens with zero attached hydrogens (tertiary/aromatic N) is 5. The predicted octanol–water partition coefficient (Wildman–Crippen LogP) is 13.9. The fourth-order valence-corrected chi connectivity index (χ4v) is 8.54. The average molecular weight is 772 g/mol. The van der Waals surface area contributed by atoms with Gasteiger partial charge in [-0.3, -0.25) is 0 Å². The lowest BCUT2D eigenvalue weighted by atomic mass is 9.96. The summed E-state index contributed by atoms with van der Waals surface area (Å²) in [5.74, 6) is 0.677. The molecule has 0 N–H and O–H groups in total. The maximum absolute atomic E-state index is 5.28. The molecule has 5 nitrogen and oxygen atoms in total. The van der Waals surface area contributed by atoms with Crippen LogP contribution in [0.2, 0.25) is 0 Å². The summed E-state index contributed by atoms with van der Waals surface area (Å²) in [6.45, 7) is 0. The maximum Gasteiger partial charge on any atom is 0.160 e. The first-order valence-corrected chi connectivity index (χ1v) is 20.3. The van der Waals surface area contributed by atoms with Crippen molar-refractivity contribution < 1.29 is 0 Å². The van der Waals surface area contributed by atoms with E-state index in [1.807, 2.05) is 24.3 Å². The van der Waals surface area contributed by atoms with Gasteiger partial charge in [-0.1, -0.05) is 164 Å². The molecule has 0 aliphatic rings. The highest BCUT2D eigenvalue weighted by Crippen LogP contribution is 2.38. The molecule has 0 spiro atoms. The molecule has 0 bridgehead atoms. The number of rotatable bonds is 7. The molecule has 0 saturated heterocycles. The van der Waals surface area contributed by atoms with Crippen molar-refractivity contribution in [1.82, 2.24) is 23.7 Å². The third kappa shape index (κ3) is 6.52. The van der Waals surface area contributed by atoms with Crippen LogP contribution in [0.3, 0.4) is 0 Å². The van der Waals surface area contributed by atoms with Gasteiger partial charge in [0.2, 0.25) is 0 Å². The van der Waals surface area contributed by atoms with E-state index in [2.05, 4.69) is 180 Å². The highest BCUT2D eigenvalue weighted by molar-refractivity contribution is 7.00. The summed E-state index contributed by atoms with van der Waals surface area (Å²) in [4.78, 5) is 15.7. The van der Waals surface area contributed by atoms with Crippen LogP contribution in [0.5, 0.6) is 0 Å². The lowest BCUT2D eigenvalue weighted by Crippen LogP contribution is -1.96. The predicted molar refractivity (Wildman–Crippen MR) is 244 cm³/mol. The summed E-state index contributed by atoms with van der Waals surface area (Å²) in [5.41, 5.74) is 16.2. The van der Waals surface area contributed by atoms with Crippen molar-refractivity contribution in [1.29, 1.82) is 0 Å². The van der Waals surface area contributed by atoms with Gasteiger partial charge in [0.1, 0.15) is 11.0 Å². The quantitative estimate of drug-likeness (QED) is 0.151. The van der Waals surface area contributed by atoms with Crippen molar-refractivity contribution in [3.8, 4) is 78.5 Å². The Balaban J connectivity index is 1.01. The van der Waals surface area contributed by atoms with Crippen LogP contribution in [0.15, 0.2) is 200 Å². The zero-order valence-electron chi connectivity index (χ0n) is 31.7. The normalized spacial score (nSPS) is 11.4. The van der Waals surface area contributed by atoms with Gasteiger partial charge in [0.25, 0.3) is 0 Å². The van der Waals surface area contributed by atoms with E-state index >= 15 is 0 Å². The van der Waals surface area contributed by atoms with Gasteiger partial charge in [0.05, 0.1) is 34.3 Å². The Kier molecular flexibility index (Phi) is 8.60. The molecule has 0 amide bonds. The van der Waals surface area contributed by atoms with Crippen LogP contribution < -0.4 is 0 Å². The van der Waals surface area contributed by atoms with Crippen molar-refractivity contribution in [2.45, 2.75) is 0 Å². The first kappa shape index (κ1) is 34.6. The Labute approximate surface area is 345 Å². The van der Waals surface area contributed by atoms with Crippen molar-refractivity contribution in [2.75, 3.05) is 0 Å². The van der Waals surface area contributed by atoms with E-state index in [0.29, 0.717) is 5.82 Å². The van der Waals surface area contributed by atoms with Gasteiger partial charge in [-0.05, 0) is 69.8 Å². The van der Waals surface area contributed by atoms with Gasteiger partial charge in [-0.2, -0.15) is 8.75 Å². The zero-order valence-corrected chi connectivity index (χ0v) is 32.5. The van der Waals surface area contributed by atoms with Crippen LogP contribution >= 0.6 is 11.7 Å². The molecule has 0 aliphatic carbocycles. The molecule has 276 valence electrons. The minimum atomic E-state index is 0.677. The molecular weight excluding hydrogens is 739 g/mol. The van der Waals surface area contributed by atoms with E-state index in [0.717, 1.165) is 105 Å². The molecule has 0 saturated carbocycles. The minimum absolute atomic E-state index is 0.677. The maximum atomic E-state index is 5.28. The number of benzene rings is 8. The molecule has 11 rings (SSSR count). The second-order valence-electron chi connectivity index (χ2n) is 14.6. The Morgan fingerprint density at radius 2 is 0.814 bits per heavy atom. The summed E-state index contributed by atoms with van der Waals surface area (Å²) < 4.78 is 9.29. The Hall–Kier alpha value is -7.67. The molecule has 3 aromatic heterocycles. The minimum Gasteiger partial charge on any atom is -0.247 e. The van der Waals surface area contributed by atoms with E-state index in [4.69, 9.17) is 19.3 Å². The van der Waals surface area contributed by atoms with Gasteiger partial charge in [-0.25, -0.2) is 15.0 Å². The molecule has 3 heterocycles. The molecule has 59 heavy (non-hydrogen) atoms. The fraction of sp³-hybridized carbons (Fsp3) is 0. The number of hydrogen-bond donors (Lipinski definition) is 0. The van der Waals surface area contributed by atoms with E-state index in [1.165, 1.54) is 11.7 Å². The molecule has 0 radical (unpaired) electrons. The van der Waals surface area contributed by atoms with Crippen LogP contribution in [-0.2, 0) is 0 Å². The highest BCUT2D eigenvalue weighted by Gasteiger charge is 2.17. The Morgan fingerprint density at radius 3 is 1.51 bits per heavy atom. The van der Waals surface area contributed by atoms with Crippen molar-refractivity contribution in [3.05, 3.63) is 200 Å². The third-order valence-corrected chi connectivity index (χ3v) is 11.5. The first-order valence-electron chi connectivity index (χ1n) is 19.6. The van der Waals surface area contributed by atoms with Crippen LogP contribution in [0.4, 0.5) is 0 Å². The highest BCUT2D eigenvalue weighted by atomic mass is 32.1. The number of pyridine rings is 1. The molecule has 8 aromatic carbocycles. The van der Waals surface area contributed by atoms with Gasteiger partial charge in [0.15, 0.2) is 5.82 Å². The van der Waals surface area contributed by atoms with E-state index in [1.54, 1.807) is 0 Å². The van der Waals surface area contributed by atoms with Gasteiger partial charge in [-0.15, -0.1) is 0 Å². The van der Waals surface area contributed by atoms with Crippen LogP contribution in [0, 0.1) is 0 Å². The second-order valence-corrected chi connectivity index (χ2v) is 15.1. The standard InChI is InChI=1S/C53H33N5S/c1-4-12-34(13-5-1)39-18-10-20-42(30-39)48-33-47(55-53(56-48)43-21-11-19-40(31-43)35-14-6-2-7-15-35)37-24-22-36(23-25-37)41-26-27-44-49(32-41)54-51(38-16-8-3-9-17-38)45-28-29-46-52(50(44)45)58-59-57-46/h1-33H. The molecule has 0 unspecified atom stereocenters. The molecule has 0 aliphatic heterocycles. The van der Waals surface area contributed by atoms with E-state index < -0.39 is 0 Å². The van der Waals surface area contributed by atoms with Crippen LogP contribution in [-0.4, -0.2) is 23.7 Å². The van der Waals surface area contributed by atoms with Gasteiger partial charge >= 0.3 is 0 Å². The lowest BCUT2D eigenvalue weighted by Gasteiger charge is -2.13. The zero-order chi connectivity index (χ0) is 39.1. The first-order chi connectivity index (χ1) is 29.2. The monoisotopic (exact) mass is 771 g/mol. The molecule has 0 fully saturated rings. The van der Waals surface area contributed by atoms with Gasteiger partial charge in [0, 0.05) is 38.4 Å². The summed E-state index contributed by atoms with van der Waals surface area (Å²) in [5, 5.41) is 3.22. The molecule has 11 aromatic rings. The third-order valence-electron chi connectivity index (χ3n) is 11.0. The lowest BCUT2D eigenvalue weighted by molar-refractivity contribution is 1.18. The van der Waals surface area contributed by atoms with Crippen LogP contribution in [0.1, 0.15) is 0 Å². The average Bonchev–Trinajstić information content (AvgIpc) is 3.81. The van der Waals surface area contributed by atoms with E-state index in [9.17, 15) is 0 Å². The fourth-order valence-electron chi connectivity index (χ4n) is 8.00. The number of hydrogen-bond acceptors (Lipinski definition) is 6. The van der Waals surface area contributed by atoms with E-state index in [-0.39, 0.29) is 0 Å². The molecular formula is C53H33N5S. The van der Waals surface area contributed by atoms with Crippen molar-refractivity contribution in [3.63, 3.8) is 0 Å². The largest absolute Gasteiger partial charge is 0.247 e. The number of aromatic nitrogens is 5. The molecule has 6 heteroatoms. The Bertz CT molecular complexity index is 3210.